The lowest BCUT2D eigenvalue weighted by Gasteiger charge is -1.92. The fraction of sp³-hybridized carbons (Fsp3) is 1.00. The van der Waals surface area contributed by atoms with Crippen LogP contribution in [0.5, 0.6) is 0 Å². The summed E-state index contributed by atoms with van der Waals surface area (Å²) in [6.07, 6.45) is 2.61. The molecule has 0 aromatic rings. The van der Waals surface area contributed by atoms with Crippen LogP contribution < -0.4 is 9.44 Å². The highest BCUT2D eigenvalue weighted by atomic mass is 32.2. The van der Waals surface area contributed by atoms with Crippen molar-refractivity contribution >= 4 is 12.1 Å². The van der Waals surface area contributed by atoms with E-state index in [2.05, 4.69) is 9.44 Å². The van der Waals surface area contributed by atoms with Crippen molar-refractivity contribution in [2.75, 3.05) is 13.1 Å². The first kappa shape index (κ1) is 9.27. The topological polar surface area (TPSA) is 24.1 Å². The molecular weight excluding hydrogens is 132 g/mol. The van der Waals surface area contributed by atoms with Gasteiger partial charge in [-0.3, -0.25) is 9.44 Å². The van der Waals surface area contributed by atoms with Crippen molar-refractivity contribution in [1.82, 2.24) is 9.44 Å². The van der Waals surface area contributed by atoms with Gasteiger partial charge in [-0.25, -0.2) is 0 Å². The summed E-state index contributed by atoms with van der Waals surface area (Å²) in [5.74, 6) is 0. The second kappa shape index (κ2) is 8.27. The molecule has 0 bridgehead atoms. The van der Waals surface area contributed by atoms with Crippen molar-refractivity contribution in [2.45, 2.75) is 26.7 Å². The molecule has 0 unspecified atom stereocenters. The van der Waals surface area contributed by atoms with Gasteiger partial charge in [0.1, 0.15) is 0 Å². The largest absolute Gasteiger partial charge is 0.251 e. The predicted molar refractivity (Wildman–Crippen MR) is 44.2 cm³/mol. The Hall–Kier alpha value is 0.270. The summed E-state index contributed by atoms with van der Waals surface area (Å²) in [5, 5.41) is 0. The van der Waals surface area contributed by atoms with Crippen LogP contribution in [0.25, 0.3) is 0 Å². The molecule has 1 aliphatic rings. The van der Waals surface area contributed by atoms with Gasteiger partial charge in [0.25, 0.3) is 0 Å². The van der Waals surface area contributed by atoms with Crippen molar-refractivity contribution in [1.29, 1.82) is 0 Å². The fourth-order valence-electron chi connectivity index (χ4n) is 0.547. The van der Waals surface area contributed by atoms with Crippen LogP contribution >= 0.6 is 12.1 Å². The molecule has 0 radical (unpaired) electrons. The van der Waals surface area contributed by atoms with Crippen molar-refractivity contribution < 1.29 is 0 Å². The maximum Gasteiger partial charge on any atom is 0.00709 e. The van der Waals surface area contributed by atoms with Gasteiger partial charge in [0.15, 0.2) is 0 Å². The molecule has 1 fully saturated rings. The Labute approximate surface area is 62.1 Å². The maximum absolute atomic E-state index is 3.15. The van der Waals surface area contributed by atoms with Gasteiger partial charge in [-0.2, -0.15) is 0 Å². The van der Waals surface area contributed by atoms with Gasteiger partial charge in [0.05, 0.1) is 0 Å². The molecule has 0 aromatic heterocycles. The van der Waals surface area contributed by atoms with E-state index in [1.165, 1.54) is 12.8 Å². The second-order valence-electron chi connectivity index (χ2n) is 1.60. The van der Waals surface area contributed by atoms with Gasteiger partial charge in [-0.1, -0.05) is 13.8 Å². The molecule has 0 aromatic carbocycles. The molecule has 1 heterocycles. The normalized spacial score (nSPS) is 19.3. The lowest BCUT2D eigenvalue weighted by Crippen LogP contribution is -2.08. The molecule has 9 heavy (non-hydrogen) atoms. The summed E-state index contributed by atoms with van der Waals surface area (Å²) in [7, 11) is 0. The van der Waals surface area contributed by atoms with E-state index in [-0.39, 0.29) is 0 Å². The van der Waals surface area contributed by atoms with Gasteiger partial charge in [0, 0.05) is 25.2 Å². The zero-order chi connectivity index (χ0) is 6.95. The molecule has 1 saturated heterocycles. The average Bonchev–Trinajstić information content (AvgIpc) is 2.21. The van der Waals surface area contributed by atoms with Crippen molar-refractivity contribution in [3.63, 3.8) is 0 Å². The number of hydrogen-bond donors (Lipinski definition) is 2. The van der Waals surface area contributed by atoms with Crippen molar-refractivity contribution in [3.8, 4) is 0 Å². The summed E-state index contributed by atoms with van der Waals surface area (Å²) in [6, 6.07) is 0. The number of nitrogens with one attached hydrogen (secondary N) is 2. The molecule has 56 valence electrons. The first-order valence-corrected chi connectivity index (χ1v) is 4.43. The smallest absolute Gasteiger partial charge is 0.00709 e. The first-order valence-electron chi connectivity index (χ1n) is 3.62. The van der Waals surface area contributed by atoms with Crippen LogP contribution in [0.15, 0.2) is 0 Å². The van der Waals surface area contributed by atoms with Crippen molar-refractivity contribution in [3.05, 3.63) is 0 Å². The molecule has 0 amide bonds. The van der Waals surface area contributed by atoms with E-state index in [1.807, 2.05) is 13.8 Å². The summed E-state index contributed by atoms with van der Waals surface area (Å²) in [5.41, 5.74) is 0. The highest BCUT2D eigenvalue weighted by Crippen LogP contribution is 1.95. The van der Waals surface area contributed by atoms with Gasteiger partial charge < -0.3 is 0 Å². The third-order valence-corrected chi connectivity index (χ3v) is 1.65. The highest BCUT2D eigenvalue weighted by Gasteiger charge is 1.93. The van der Waals surface area contributed by atoms with E-state index in [4.69, 9.17) is 0 Å². The molecular formula is C6H16N2S. The zero-order valence-corrected chi connectivity index (χ0v) is 7.05. The van der Waals surface area contributed by atoms with Crippen LogP contribution in [0.4, 0.5) is 0 Å². The van der Waals surface area contributed by atoms with Gasteiger partial charge in [0.2, 0.25) is 0 Å². The minimum atomic E-state index is 1.15. The van der Waals surface area contributed by atoms with E-state index < -0.39 is 0 Å². The molecule has 0 atom stereocenters. The fourth-order valence-corrected chi connectivity index (χ4v) is 1.14. The molecule has 0 aliphatic carbocycles. The van der Waals surface area contributed by atoms with Gasteiger partial charge in [-0.05, 0) is 12.8 Å². The predicted octanol–water partition coefficient (Wildman–Crippen LogP) is 1.55. The van der Waals surface area contributed by atoms with Gasteiger partial charge >= 0.3 is 0 Å². The Balaban J connectivity index is 0.000000291. The van der Waals surface area contributed by atoms with Crippen LogP contribution in [-0.4, -0.2) is 13.1 Å². The minimum Gasteiger partial charge on any atom is -0.251 e. The molecule has 0 spiro atoms. The SMILES string of the molecule is C1CCNSNC1.CC. The monoisotopic (exact) mass is 148 g/mol. The lowest BCUT2D eigenvalue weighted by atomic mass is 10.3. The number of rotatable bonds is 0. The maximum atomic E-state index is 3.15. The number of hydrogen-bond acceptors (Lipinski definition) is 3. The third kappa shape index (κ3) is 6.15. The van der Waals surface area contributed by atoms with E-state index in [0.717, 1.165) is 13.1 Å². The Morgan fingerprint density at radius 3 is 1.89 bits per heavy atom. The Morgan fingerprint density at radius 2 is 1.44 bits per heavy atom. The van der Waals surface area contributed by atoms with E-state index in [1.54, 1.807) is 12.1 Å². The Kier molecular flexibility index (Phi) is 8.52. The summed E-state index contributed by atoms with van der Waals surface area (Å²) < 4.78 is 6.31. The van der Waals surface area contributed by atoms with Crippen LogP contribution in [0.1, 0.15) is 26.7 Å². The minimum absolute atomic E-state index is 1.15. The van der Waals surface area contributed by atoms with E-state index in [9.17, 15) is 0 Å². The Bertz CT molecular complexity index is 30.7. The van der Waals surface area contributed by atoms with E-state index in [0.29, 0.717) is 0 Å². The van der Waals surface area contributed by atoms with Crippen LogP contribution in [0.2, 0.25) is 0 Å². The van der Waals surface area contributed by atoms with Crippen LogP contribution in [0.3, 0.4) is 0 Å². The molecule has 2 N–H and O–H groups in total. The Morgan fingerprint density at radius 1 is 1.00 bits per heavy atom. The van der Waals surface area contributed by atoms with E-state index >= 15 is 0 Å². The summed E-state index contributed by atoms with van der Waals surface area (Å²) in [4.78, 5) is 0. The molecule has 2 nitrogen and oxygen atoms in total. The first-order chi connectivity index (χ1) is 4.50. The lowest BCUT2D eigenvalue weighted by molar-refractivity contribution is 0.742. The standard InChI is InChI=1S/C4H10N2S.C2H6/c1-2-4-6-7-5-3-1;1-2/h5-6H,1-4H2;1-2H3. The zero-order valence-electron chi connectivity index (χ0n) is 6.24. The highest BCUT2D eigenvalue weighted by molar-refractivity contribution is 7.95. The van der Waals surface area contributed by atoms with Crippen molar-refractivity contribution in [2.24, 2.45) is 0 Å². The molecule has 1 rings (SSSR count). The third-order valence-electron chi connectivity index (χ3n) is 0.952. The summed E-state index contributed by atoms with van der Waals surface area (Å²) >= 11 is 1.62. The quantitative estimate of drug-likeness (QED) is 0.510. The van der Waals surface area contributed by atoms with Crippen LogP contribution in [-0.2, 0) is 0 Å². The second-order valence-corrected chi connectivity index (χ2v) is 2.38. The van der Waals surface area contributed by atoms with Crippen LogP contribution in [0, 0.1) is 0 Å². The summed E-state index contributed by atoms with van der Waals surface area (Å²) in [6.45, 7) is 6.30. The molecule has 1 aliphatic heterocycles. The van der Waals surface area contributed by atoms with Gasteiger partial charge in [-0.15, -0.1) is 0 Å². The average molecular weight is 148 g/mol. The molecule has 0 saturated carbocycles. The molecule has 3 heteroatoms.